The van der Waals surface area contributed by atoms with Crippen molar-refractivity contribution < 1.29 is 14.5 Å². The lowest BCUT2D eigenvalue weighted by atomic mass is 10.2. The standard InChI is InChI=1S/C10H12ClN3O4/c1-2-18-4-3-12-10(15)8-5-7(14(16)17)6-13-9(8)11/h5-6H,2-4H2,1H3,(H,12,15). The van der Waals surface area contributed by atoms with Gasteiger partial charge in [-0.25, -0.2) is 4.98 Å². The fourth-order valence-corrected chi connectivity index (χ4v) is 1.36. The van der Waals surface area contributed by atoms with Crippen LogP contribution in [0.4, 0.5) is 5.69 Å². The number of hydrogen-bond acceptors (Lipinski definition) is 5. The molecule has 0 spiro atoms. The van der Waals surface area contributed by atoms with Crippen molar-refractivity contribution in [1.29, 1.82) is 0 Å². The number of ether oxygens (including phenoxy) is 1. The molecule has 1 heterocycles. The Kier molecular flexibility index (Phi) is 5.47. The highest BCUT2D eigenvalue weighted by Gasteiger charge is 2.16. The molecule has 0 atom stereocenters. The van der Waals surface area contributed by atoms with Crippen molar-refractivity contribution in [3.05, 3.63) is 33.1 Å². The van der Waals surface area contributed by atoms with Gasteiger partial charge in [-0.2, -0.15) is 0 Å². The minimum Gasteiger partial charge on any atom is -0.380 e. The van der Waals surface area contributed by atoms with Crippen molar-refractivity contribution in [2.45, 2.75) is 6.92 Å². The van der Waals surface area contributed by atoms with Gasteiger partial charge in [-0.1, -0.05) is 11.6 Å². The summed E-state index contributed by atoms with van der Waals surface area (Å²) in [5.74, 6) is -0.518. The number of nitrogens with zero attached hydrogens (tertiary/aromatic N) is 2. The van der Waals surface area contributed by atoms with E-state index in [0.29, 0.717) is 19.8 Å². The number of amides is 1. The van der Waals surface area contributed by atoms with Crippen molar-refractivity contribution in [3.8, 4) is 0 Å². The van der Waals surface area contributed by atoms with Crippen LogP contribution >= 0.6 is 11.6 Å². The van der Waals surface area contributed by atoms with Crippen molar-refractivity contribution in [2.75, 3.05) is 19.8 Å². The monoisotopic (exact) mass is 273 g/mol. The normalized spacial score (nSPS) is 10.1. The number of carbonyl (C=O) groups is 1. The third-order valence-electron chi connectivity index (χ3n) is 2.02. The van der Waals surface area contributed by atoms with E-state index < -0.39 is 10.8 Å². The van der Waals surface area contributed by atoms with Crippen LogP contribution in [0.15, 0.2) is 12.3 Å². The van der Waals surface area contributed by atoms with Gasteiger partial charge in [-0.05, 0) is 6.92 Å². The van der Waals surface area contributed by atoms with Gasteiger partial charge >= 0.3 is 0 Å². The van der Waals surface area contributed by atoms with Crippen LogP contribution in [-0.2, 0) is 4.74 Å². The summed E-state index contributed by atoms with van der Waals surface area (Å²) in [5.41, 5.74) is -0.309. The summed E-state index contributed by atoms with van der Waals surface area (Å²) in [6.45, 7) is 3.05. The summed E-state index contributed by atoms with van der Waals surface area (Å²) in [6.07, 6.45) is 0.999. The molecule has 18 heavy (non-hydrogen) atoms. The van der Waals surface area contributed by atoms with E-state index >= 15 is 0 Å². The number of aromatic nitrogens is 1. The minimum absolute atomic E-state index is 0.0256. The van der Waals surface area contributed by atoms with Crippen LogP contribution in [0.1, 0.15) is 17.3 Å². The molecule has 0 aliphatic carbocycles. The summed E-state index contributed by atoms with van der Waals surface area (Å²) in [7, 11) is 0. The highest BCUT2D eigenvalue weighted by Crippen LogP contribution is 2.18. The fourth-order valence-electron chi connectivity index (χ4n) is 1.17. The molecule has 0 bridgehead atoms. The molecule has 0 fully saturated rings. The lowest BCUT2D eigenvalue weighted by Crippen LogP contribution is -2.27. The summed E-state index contributed by atoms with van der Waals surface area (Å²) >= 11 is 5.71. The molecule has 0 unspecified atom stereocenters. The molecule has 0 aliphatic heterocycles. The van der Waals surface area contributed by atoms with Gasteiger partial charge in [0.15, 0.2) is 0 Å². The van der Waals surface area contributed by atoms with Gasteiger partial charge in [0.05, 0.1) is 17.1 Å². The third kappa shape index (κ3) is 3.94. The molecule has 0 saturated carbocycles. The number of carbonyl (C=O) groups excluding carboxylic acids is 1. The second-order valence-corrected chi connectivity index (χ2v) is 3.60. The zero-order valence-electron chi connectivity index (χ0n) is 9.68. The first-order valence-electron chi connectivity index (χ1n) is 5.22. The van der Waals surface area contributed by atoms with Gasteiger partial charge in [0, 0.05) is 19.2 Å². The molecule has 0 saturated heterocycles. The fraction of sp³-hybridized carbons (Fsp3) is 0.400. The molecule has 1 N–H and O–H groups in total. The van der Waals surface area contributed by atoms with Crippen molar-refractivity contribution in [1.82, 2.24) is 10.3 Å². The average molecular weight is 274 g/mol. The number of nitro groups is 1. The van der Waals surface area contributed by atoms with Gasteiger partial charge in [0.1, 0.15) is 11.3 Å². The Hall–Kier alpha value is -1.73. The van der Waals surface area contributed by atoms with Crippen LogP contribution < -0.4 is 5.32 Å². The maximum Gasteiger partial charge on any atom is 0.288 e. The molecule has 1 aromatic heterocycles. The second kappa shape index (κ2) is 6.87. The molecule has 0 radical (unpaired) electrons. The quantitative estimate of drug-likeness (QED) is 0.366. The number of rotatable bonds is 6. The van der Waals surface area contributed by atoms with Crippen molar-refractivity contribution in [3.63, 3.8) is 0 Å². The van der Waals surface area contributed by atoms with Crippen LogP contribution in [0.25, 0.3) is 0 Å². The Labute approximate surface area is 108 Å². The molecule has 8 heteroatoms. The van der Waals surface area contributed by atoms with E-state index in [2.05, 4.69) is 10.3 Å². The molecule has 98 valence electrons. The first kappa shape index (κ1) is 14.3. The maximum atomic E-state index is 11.7. The molecule has 1 rings (SSSR count). The molecule has 7 nitrogen and oxygen atoms in total. The predicted octanol–water partition coefficient (Wildman–Crippen LogP) is 1.41. The Morgan fingerprint density at radius 3 is 3.00 bits per heavy atom. The zero-order valence-corrected chi connectivity index (χ0v) is 10.4. The number of nitrogens with one attached hydrogen (secondary N) is 1. The SMILES string of the molecule is CCOCCNC(=O)c1cc([N+](=O)[O-])cnc1Cl. The Morgan fingerprint density at radius 2 is 2.39 bits per heavy atom. The van der Waals surface area contributed by atoms with Gasteiger partial charge in [-0.3, -0.25) is 14.9 Å². The first-order valence-corrected chi connectivity index (χ1v) is 5.60. The topological polar surface area (TPSA) is 94.4 Å². The van der Waals surface area contributed by atoms with Crippen molar-refractivity contribution in [2.24, 2.45) is 0 Å². The Balaban J connectivity index is 2.72. The Bertz CT molecular complexity index is 453. The lowest BCUT2D eigenvalue weighted by Gasteiger charge is -2.06. The molecule has 0 aromatic carbocycles. The highest BCUT2D eigenvalue weighted by atomic mass is 35.5. The maximum absolute atomic E-state index is 11.7. The van der Waals surface area contributed by atoms with E-state index in [1.807, 2.05) is 6.92 Å². The van der Waals surface area contributed by atoms with Crippen molar-refractivity contribution >= 4 is 23.2 Å². The lowest BCUT2D eigenvalue weighted by molar-refractivity contribution is -0.385. The van der Waals surface area contributed by atoms with Gasteiger partial charge in [0.2, 0.25) is 0 Å². The van der Waals surface area contributed by atoms with Gasteiger partial charge in [-0.15, -0.1) is 0 Å². The third-order valence-corrected chi connectivity index (χ3v) is 2.32. The number of hydrogen-bond donors (Lipinski definition) is 1. The largest absolute Gasteiger partial charge is 0.380 e. The minimum atomic E-state index is -0.639. The highest BCUT2D eigenvalue weighted by molar-refractivity contribution is 6.32. The van der Waals surface area contributed by atoms with E-state index in [9.17, 15) is 14.9 Å². The Morgan fingerprint density at radius 1 is 1.67 bits per heavy atom. The van der Waals surface area contributed by atoms with E-state index in [4.69, 9.17) is 16.3 Å². The predicted molar refractivity (Wildman–Crippen MR) is 64.7 cm³/mol. The molecule has 1 aromatic rings. The van der Waals surface area contributed by atoms with Gasteiger partial charge in [0.25, 0.3) is 11.6 Å². The van der Waals surface area contributed by atoms with Crippen LogP contribution in [-0.4, -0.2) is 35.6 Å². The van der Waals surface area contributed by atoms with Crippen LogP contribution in [0.5, 0.6) is 0 Å². The summed E-state index contributed by atoms with van der Waals surface area (Å²) < 4.78 is 5.04. The number of pyridine rings is 1. The van der Waals surface area contributed by atoms with E-state index in [1.54, 1.807) is 0 Å². The summed E-state index contributed by atoms with van der Waals surface area (Å²) in [4.78, 5) is 25.2. The van der Waals surface area contributed by atoms with E-state index in [-0.39, 0.29) is 16.4 Å². The molecular formula is C10H12ClN3O4. The summed E-state index contributed by atoms with van der Waals surface area (Å²) in [5, 5.41) is 13.0. The molecule has 0 aliphatic rings. The van der Waals surface area contributed by atoms with Crippen LogP contribution in [0.2, 0.25) is 5.15 Å². The second-order valence-electron chi connectivity index (χ2n) is 3.24. The van der Waals surface area contributed by atoms with Crippen LogP contribution in [0, 0.1) is 10.1 Å². The van der Waals surface area contributed by atoms with E-state index in [0.717, 1.165) is 12.3 Å². The zero-order chi connectivity index (χ0) is 13.5. The molecule has 1 amide bonds. The summed E-state index contributed by atoms with van der Waals surface area (Å²) in [6, 6.07) is 1.09. The van der Waals surface area contributed by atoms with Gasteiger partial charge < -0.3 is 10.1 Å². The van der Waals surface area contributed by atoms with E-state index in [1.165, 1.54) is 0 Å². The van der Waals surface area contributed by atoms with Crippen LogP contribution in [0.3, 0.4) is 0 Å². The number of halogens is 1. The smallest absolute Gasteiger partial charge is 0.288 e. The first-order chi connectivity index (χ1) is 8.56. The molecular weight excluding hydrogens is 262 g/mol. The average Bonchev–Trinajstić information content (AvgIpc) is 2.34.